The predicted octanol–water partition coefficient (Wildman–Crippen LogP) is 6.81. The summed E-state index contributed by atoms with van der Waals surface area (Å²) < 4.78 is 111. The molecule has 1 aromatic heterocycles. The maximum atomic E-state index is 13.6. The van der Waals surface area contributed by atoms with Crippen LogP contribution in [0.1, 0.15) is 38.4 Å². The Balaban J connectivity index is 1.57. The van der Waals surface area contributed by atoms with Gasteiger partial charge in [0.2, 0.25) is 5.91 Å². The molecule has 5 rings (SSSR count). The van der Waals surface area contributed by atoms with Gasteiger partial charge in [-0.05, 0) is 78.2 Å². The first-order valence-electron chi connectivity index (χ1n) is 13.3. The van der Waals surface area contributed by atoms with E-state index in [4.69, 9.17) is 5.73 Å². The topological polar surface area (TPSA) is 107 Å². The third-order valence-corrected chi connectivity index (χ3v) is 8.39. The fraction of sp³-hybridized carbons (Fsp3) is 0.161. The summed E-state index contributed by atoms with van der Waals surface area (Å²) in [6.07, 6.45) is -9.50. The molecule has 7 nitrogen and oxygen atoms in total. The molecule has 4 aromatic carbocycles. The standard InChI is InChI=1S/C31H24F6N4O3S/c32-30(33,34)22-14-20(15-23(16-22)31(35,36)37)18-41-27-17-24(40-45(43,44)25-4-2-1-3-5-25)11-12-26(27)39-28(41)13-8-19-6-9-21(10-7-19)29(38)42/h1-7,9-12,14-17,40H,8,13,18H2,(H2,38,42). The lowest BCUT2D eigenvalue weighted by molar-refractivity contribution is -0.143. The number of aromatic nitrogens is 2. The Labute approximate surface area is 253 Å². The molecule has 45 heavy (non-hydrogen) atoms. The molecule has 1 heterocycles. The van der Waals surface area contributed by atoms with Crippen molar-refractivity contribution < 1.29 is 39.6 Å². The van der Waals surface area contributed by atoms with Crippen molar-refractivity contribution in [1.82, 2.24) is 9.55 Å². The summed E-state index contributed by atoms with van der Waals surface area (Å²) in [5.74, 6) is -0.278. The Morgan fingerprint density at radius 2 is 1.40 bits per heavy atom. The number of halogens is 6. The van der Waals surface area contributed by atoms with Crippen LogP contribution in [-0.2, 0) is 41.8 Å². The molecule has 0 spiro atoms. The van der Waals surface area contributed by atoms with Gasteiger partial charge in [0.25, 0.3) is 10.0 Å². The Kier molecular flexibility index (Phi) is 8.36. The highest BCUT2D eigenvalue weighted by molar-refractivity contribution is 7.92. The monoisotopic (exact) mass is 646 g/mol. The van der Waals surface area contributed by atoms with E-state index in [1.165, 1.54) is 47.0 Å². The van der Waals surface area contributed by atoms with Gasteiger partial charge in [-0.15, -0.1) is 0 Å². The van der Waals surface area contributed by atoms with E-state index in [-0.39, 0.29) is 34.2 Å². The number of nitrogens with zero attached hydrogens (tertiary/aromatic N) is 2. The van der Waals surface area contributed by atoms with Crippen molar-refractivity contribution in [2.75, 3.05) is 4.72 Å². The van der Waals surface area contributed by atoms with Crippen LogP contribution in [0.3, 0.4) is 0 Å². The summed E-state index contributed by atoms with van der Waals surface area (Å²) in [6.45, 7) is -0.422. The number of primary amides is 1. The third kappa shape index (κ3) is 7.28. The number of amides is 1. The van der Waals surface area contributed by atoms with Crippen LogP contribution < -0.4 is 10.5 Å². The SMILES string of the molecule is NC(=O)c1ccc(CCc2nc3ccc(NS(=O)(=O)c4ccccc4)cc3n2Cc2cc(C(F)(F)F)cc(C(F)(F)F)c2)cc1. The van der Waals surface area contributed by atoms with Crippen molar-refractivity contribution in [2.45, 2.75) is 36.6 Å². The third-order valence-electron chi connectivity index (χ3n) is 7.00. The zero-order chi connectivity index (χ0) is 32.6. The molecule has 3 N–H and O–H groups in total. The van der Waals surface area contributed by atoms with E-state index in [1.807, 2.05) is 0 Å². The molecule has 14 heteroatoms. The minimum Gasteiger partial charge on any atom is -0.366 e. The molecule has 0 bridgehead atoms. The van der Waals surface area contributed by atoms with E-state index in [2.05, 4.69) is 9.71 Å². The zero-order valence-corrected chi connectivity index (χ0v) is 24.0. The zero-order valence-electron chi connectivity index (χ0n) is 23.2. The molecule has 0 aliphatic heterocycles. The number of carbonyl (C=O) groups excluding carboxylic acids is 1. The van der Waals surface area contributed by atoms with Gasteiger partial charge < -0.3 is 10.3 Å². The molecule has 234 valence electrons. The number of nitrogens with one attached hydrogen (secondary N) is 1. The van der Waals surface area contributed by atoms with Crippen molar-refractivity contribution in [2.24, 2.45) is 5.73 Å². The van der Waals surface area contributed by atoms with Gasteiger partial charge in [0.15, 0.2) is 0 Å². The van der Waals surface area contributed by atoms with Gasteiger partial charge >= 0.3 is 12.4 Å². The number of alkyl halides is 6. The molecule has 0 radical (unpaired) electrons. The number of hydrogen-bond donors (Lipinski definition) is 2. The van der Waals surface area contributed by atoms with Gasteiger partial charge in [-0.2, -0.15) is 26.3 Å². The summed E-state index contributed by atoms with van der Waals surface area (Å²) in [5, 5.41) is 0. The van der Waals surface area contributed by atoms with E-state index < -0.39 is 46.0 Å². The minimum absolute atomic E-state index is 0.00899. The number of aryl methyl sites for hydroxylation is 2. The van der Waals surface area contributed by atoms with Crippen LogP contribution >= 0.6 is 0 Å². The number of anilines is 1. The van der Waals surface area contributed by atoms with Crippen LogP contribution in [0, 0.1) is 0 Å². The highest BCUT2D eigenvalue weighted by atomic mass is 32.2. The second-order valence-electron chi connectivity index (χ2n) is 10.2. The highest BCUT2D eigenvalue weighted by Crippen LogP contribution is 2.37. The maximum Gasteiger partial charge on any atom is 0.416 e. The first-order valence-corrected chi connectivity index (χ1v) is 14.8. The fourth-order valence-electron chi connectivity index (χ4n) is 4.80. The summed E-state index contributed by atoms with van der Waals surface area (Å²) in [5.41, 5.74) is 3.91. The van der Waals surface area contributed by atoms with E-state index >= 15 is 0 Å². The summed E-state index contributed by atoms with van der Waals surface area (Å²) >= 11 is 0. The summed E-state index contributed by atoms with van der Waals surface area (Å²) in [7, 11) is -4.01. The van der Waals surface area contributed by atoms with Gasteiger partial charge in [0.05, 0.1) is 32.7 Å². The fourth-order valence-corrected chi connectivity index (χ4v) is 5.87. The Bertz CT molecular complexity index is 1940. The van der Waals surface area contributed by atoms with Gasteiger partial charge in [0.1, 0.15) is 5.82 Å². The van der Waals surface area contributed by atoms with Gasteiger partial charge in [-0.25, -0.2) is 13.4 Å². The van der Waals surface area contributed by atoms with Crippen LogP contribution in [0.25, 0.3) is 11.0 Å². The molecular formula is C31H24F6N4O3S. The number of hydrogen-bond acceptors (Lipinski definition) is 4. The van der Waals surface area contributed by atoms with Crippen molar-refractivity contribution >= 4 is 32.7 Å². The number of rotatable bonds is 9. The van der Waals surface area contributed by atoms with Gasteiger partial charge in [0, 0.05) is 18.5 Å². The first kappa shape index (κ1) is 31.6. The Morgan fingerprint density at radius 1 is 0.778 bits per heavy atom. The van der Waals surface area contributed by atoms with Crippen LogP contribution in [-0.4, -0.2) is 23.9 Å². The number of nitrogens with two attached hydrogens (primary N) is 1. The molecule has 0 atom stereocenters. The molecule has 0 saturated heterocycles. The van der Waals surface area contributed by atoms with E-state index in [0.29, 0.717) is 35.5 Å². The average Bonchev–Trinajstić information content (AvgIpc) is 3.31. The van der Waals surface area contributed by atoms with Crippen LogP contribution in [0.5, 0.6) is 0 Å². The average molecular weight is 647 g/mol. The first-order chi connectivity index (χ1) is 21.1. The Morgan fingerprint density at radius 3 is 1.98 bits per heavy atom. The summed E-state index contributed by atoms with van der Waals surface area (Å²) in [4.78, 5) is 16.0. The highest BCUT2D eigenvalue weighted by Gasteiger charge is 2.37. The number of benzene rings is 4. The molecule has 0 aliphatic carbocycles. The predicted molar refractivity (Wildman–Crippen MR) is 155 cm³/mol. The quantitative estimate of drug-likeness (QED) is 0.172. The van der Waals surface area contributed by atoms with Crippen LogP contribution in [0.4, 0.5) is 32.0 Å². The lowest BCUT2D eigenvalue weighted by Crippen LogP contribution is -2.14. The van der Waals surface area contributed by atoms with Gasteiger partial charge in [-0.1, -0.05) is 30.3 Å². The number of fused-ring (bicyclic) bond motifs is 1. The smallest absolute Gasteiger partial charge is 0.366 e. The van der Waals surface area contributed by atoms with E-state index in [0.717, 1.165) is 5.56 Å². The Hall–Kier alpha value is -4.85. The molecule has 0 unspecified atom stereocenters. The maximum absolute atomic E-state index is 13.6. The van der Waals surface area contributed by atoms with Crippen molar-refractivity contribution in [3.05, 3.63) is 125 Å². The minimum atomic E-state index is -5.03. The molecule has 1 amide bonds. The second-order valence-corrected chi connectivity index (χ2v) is 11.9. The van der Waals surface area contributed by atoms with Crippen LogP contribution in [0.15, 0.2) is 95.9 Å². The number of carbonyl (C=O) groups is 1. The van der Waals surface area contributed by atoms with Crippen molar-refractivity contribution in [3.63, 3.8) is 0 Å². The number of sulfonamides is 1. The molecule has 0 saturated carbocycles. The second kappa shape index (κ2) is 11.9. The van der Waals surface area contributed by atoms with E-state index in [9.17, 15) is 39.6 Å². The lowest BCUT2D eigenvalue weighted by atomic mass is 10.0. The number of imidazole rings is 1. The van der Waals surface area contributed by atoms with E-state index in [1.54, 1.807) is 30.3 Å². The van der Waals surface area contributed by atoms with Crippen molar-refractivity contribution in [1.29, 1.82) is 0 Å². The largest absolute Gasteiger partial charge is 0.416 e. The molecule has 5 aromatic rings. The van der Waals surface area contributed by atoms with Crippen molar-refractivity contribution in [3.8, 4) is 0 Å². The molecule has 0 aliphatic rings. The van der Waals surface area contributed by atoms with Gasteiger partial charge in [-0.3, -0.25) is 9.52 Å². The molecular weight excluding hydrogens is 622 g/mol. The normalized spacial score (nSPS) is 12.4. The van der Waals surface area contributed by atoms with Crippen LogP contribution in [0.2, 0.25) is 0 Å². The lowest BCUT2D eigenvalue weighted by Gasteiger charge is -2.16. The molecule has 0 fully saturated rings. The summed E-state index contributed by atoms with van der Waals surface area (Å²) in [6, 6.07) is 19.7.